The standard InChI is InChI=1S/C29H30F3N5O3/c1-17(29(30,31)32)14-37(3)18(2)20-7-5-19(6-8-20)15-39-27-23(40-22-11-12-22)13-33-26(36-27)24-25(21-9-10-21)34-16-35-28(24)38-4/h5-8,13-14,16,21-22H,2,9-12,15H2,1,3-4H3/b17-14+. The fourth-order valence-electron chi connectivity index (χ4n) is 4.03. The molecule has 0 radical (unpaired) electrons. The van der Waals surface area contributed by atoms with Crippen molar-refractivity contribution in [2.75, 3.05) is 14.2 Å². The van der Waals surface area contributed by atoms with Gasteiger partial charge in [0.2, 0.25) is 5.88 Å². The highest BCUT2D eigenvalue weighted by Gasteiger charge is 2.33. The molecule has 0 atom stereocenters. The zero-order chi connectivity index (χ0) is 28.4. The van der Waals surface area contributed by atoms with Crippen molar-refractivity contribution in [1.29, 1.82) is 0 Å². The van der Waals surface area contributed by atoms with E-state index >= 15 is 0 Å². The molecule has 2 aromatic heterocycles. The van der Waals surface area contributed by atoms with Gasteiger partial charge < -0.3 is 19.1 Å². The van der Waals surface area contributed by atoms with E-state index in [1.54, 1.807) is 25.4 Å². The van der Waals surface area contributed by atoms with Crippen molar-refractivity contribution in [3.8, 4) is 28.9 Å². The molecule has 2 fully saturated rings. The number of aromatic nitrogens is 4. The molecule has 3 aromatic rings. The molecule has 11 heteroatoms. The van der Waals surface area contributed by atoms with E-state index in [0.29, 0.717) is 46.1 Å². The number of hydrogen-bond donors (Lipinski definition) is 0. The molecule has 2 aliphatic carbocycles. The third-order valence-electron chi connectivity index (χ3n) is 6.69. The summed E-state index contributed by atoms with van der Waals surface area (Å²) in [6, 6.07) is 7.24. The molecule has 0 N–H and O–H groups in total. The van der Waals surface area contributed by atoms with Crippen LogP contribution in [0.2, 0.25) is 0 Å². The van der Waals surface area contributed by atoms with Gasteiger partial charge in [0.05, 0.1) is 25.1 Å². The van der Waals surface area contributed by atoms with Crippen LogP contribution in [-0.2, 0) is 6.61 Å². The maximum absolute atomic E-state index is 12.9. The lowest BCUT2D eigenvalue weighted by Crippen LogP contribution is -2.15. The first kappa shape index (κ1) is 27.4. The predicted octanol–water partition coefficient (Wildman–Crippen LogP) is 6.31. The van der Waals surface area contributed by atoms with Gasteiger partial charge in [-0.3, -0.25) is 0 Å². The van der Waals surface area contributed by atoms with Gasteiger partial charge in [0.25, 0.3) is 5.88 Å². The molecule has 1 aromatic carbocycles. The van der Waals surface area contributed by atoms with Crippen LogP contribution in [0, 0.1) is 0 Å². The number of alkyl halides is 3. The zero-order valence-electron chi connectivity index (χ0n) is 22.5. The Morgan fingerprint density at radius 3 is 2.42 bits per heavy atom. The first-order chi connectivity index (χ1) is 19.1. The third-order valence-corrected chi connectivity index (χ3v) is 6.69. The lowest BCUT2D eigenvalue weighted by molar-refractivity contribution is -0.0921. The van der Waals surface area contributed by atoms with E-state index in [1.165, 1.54) is 18.3 Å². The summed E-state index contributed by atoms with van der Waals surface area (Å²) in [7, 11) is 3.08. The Labute approximate surface area is 230 Å². The molecule has 210 valence electrons. The molecular weight excluding hydrogens is 523 g/mol. The number of hydrogen-bond acceptors (Lipinski definition) is 8. The first-order valence-electron chi connectivity index (χ1n) is 13.0. The van der Waals surface area contributed by atoms with Gasteiger partial charge in [-0.1, -0.05) is 30.8 Å². The minimum atomic E-state index is -4.39. The Hall–Kier alpha value is -4.15. The largest absolute Gasteiger partial charge is 0.483 e. The van der Waals surface area contributed by atoms with Crippen molar-refractivity contribution in [3.63, 3.8) is 0 Å². The normalized spacial score (nSPS) is 15.5. The van der Waals surface area contributed by atoms with Crippen LogP contribution in [0.1, 0.15) is 55.3 Å². The summed E-state index contributed by atoms with van der Waals surface area (Å²) in [5.41, 5.74) is 2.74. The number of benzene rings is 1. The van der Waals surface area contributed by atoms with Crippen LogP contribution in [0.3, 0.4) is 0 Å². The van der Waals surface area contributed by atoms with Crippen molar-refractivity contribution < 1.29 is 27.4 Å². The number of methoxy groups -OCH3 is 1. The molecule has 2 saturated carbocycles. The molecular formula is C29H30F3N5O3. The van der Waals surface area contributed by atoms with Crippen LogP contribution < -0.4 is 14.2 Å². The molecule has 0 bridgehead atoms. The van der Waals surface area contributed by atoms with Crippen LogP contribution in [0.25, 0.3) is 17.1 Å². The Balaban J connectivity index is 1.35. The predicted molar refractivity (Wildman–Crippen MR) is 143 cm³/mol. The smallest absolute Gasteiger partial charge is 0.413 e. The number of rotatable bonds is 11. The third kappa shape index (κ3) is 6.35. The van der Waals surface area contributed by atoms with E-state index in [2.05, 4.69) is 21.5 Å². The summed E-state index contributed by atoms with van der Waals surface area (Å²) < 4.78 is 56.3. The van der Waals surface area contributed by atoms with Crippen molar-refractivity contribution >= 4 is 5.70 Å². The maximum atomic E-state index is 12.9. The van der Waals surface area contributed by atoms with Gasteiger partial charge in [-0.25, -0.2) is 15.0 Å². The second kappa shape index (κ2) is 11.1. The van der Waals surface area contributed by atoms with Gasteiger partial charge in [0.1, 0.15) is 18.5 Å². The molecule has 0 amide bonds. The summed E-state index contributed by atoms with van der Waals surface area (Å²) in [5.74, 6) is 1.87. The van der Waals surface area contributed by atoms with E-state index in [4.69, 9.17) is 19.2 Å². The Kier molecular flexibility index (Phi) is 7.64. The van der Waals surface area contributed by atoms with Crippen molar-refractivity contribution in [1.82, 2.24) is 24.8 Å². The lowest BCUT2D eigenvalue weighted by Gasteiger charge is -2.20. The fourth-order valence-corrected chi connectivity index (χ4v) is 4.03. The SMILES string of the molecule is C=C(c1ccc(COc2nc(-c3c(OC)ncnc3C3CC3)ncc2OC2CC2)cc1)N(C)/C=C(\C)C(F)(F)F. The van der Waals surface area contributed by atoms with Crippen molar-refractivity contribution in [2.45, 2.75) is 57.4 Å². The lowest BCUT2D eigenvalue weighted by atomic mass is 10.1. The molecule has 0 unspecified atom stereocenters. The first-order valence-corrected chi connectivity index (χ1v) is 13.0. The zero-order valence-corrected chi connectivity index (χ0v) is 22.5. The quantitative estimate of drug-likeness (QED) is 0.273. The Morgan fingerprint density at radius 2 is 1.80 bits per heavy atom. The second-order valence-electron chi connectivity index (χ2n) is 9.95. The summed E-state index contributed by atoms with van der Waals surface area (Å²) >= 11 is 0. The van der Waals surface area contributed by atoms with Gasteiger partial charge in [-0.15, -0.1) is 0 Å². The van der Waals surface area contributed by atoms with Gasteiger partial charge >= 0.3 is 6.18 Å². The average Bonchev–Trinajstić information content (AvgIpc) is 3.87. The number of ether oxygens (including phenoxy) is 3. The molecule has 8 nitrogen and oxygen atoms in total. The molecule has 0 aliphatic heterocycles. The summed E-state index contributed by atoms with van der Waals surface area (Å²) in [5, 5.41) is 0. The molecule has 2 heterocycles. The Morgan fingerprint density at radius 1 is 1.07 bits per heavy atom. The van der Waals surface area contributed by atoms with E-state index in [1.807, 2.05) is 12.1 Å². The summed E-state index contributed by atoms with van der Waals surface area (Å²) in [6.45, 7) is 5.14. The van der Waals surface area contributed by atoms with E-state index in [0.717, 1.165) is 50.1 Å². The van der Waals surface area contributed by atoms with Crippen LogP contribution in [0.4, 0.5) is 13.2 Å². The molecule has 2 aliphatic rings. The van der Waals surface area contributed by atoms with Crippen LogP contribution >= 0.6 is 0 Å². The number of halogens is 3. The van der Waals surface area contributed by atoms with Gasteiger partial charge in [-0.05, 0) is 43.7 Å². The molecule has 0 saturated heterocycles. The highest BCUT2D eigenvalue weighted by atomic mass is 19.4. The van der Waals surface area contributed by atoms with Crippen LogP contribution in [0.15, 0.2) is 55.1 Å². The highest BCUT2D eigenvalue weighted by molar-refractivity contribution is 5.66. The monoisotopic (exact) mass is 553 g/mol. The van der Waals surface area contributed by atoms with E-state index < -0.39 is 11.7 Å². The van der Waals surface area contributed by atoms with Gasteiger partial charge in [0.15, 0.2) is 11.6 Å². The second-order valence-corrected chi connectivity index (χ2v) is 9.95. The molecule has 0 spiro atoms. The van der Waals surface area contributed by atoms with Crippen LogP contribution in [0.5, 0.6) is 17.5 Å². The summed E-state index contributed by atoms with van der Waals surface area (Å²) in [6.07, 6.45) is 3.85. The number of nitrogens with zero attached hydrogens (tertiary/aromatic N) is 5. The van der Waals surface area contributed by atoms with Gasteiger partial charge in [0, 0.05) is 30.4 Å². The summed E-state index contributed by atoms with van der Waals surface area (Å²) in [4.78, 5) is 19.3. The molecule has 40 heavy (non-hydrogen) atoms. The maximum Gasteiger partial charge on any atom is 0.413 e. The number of allylic oxidation sites excluding steroid dienone is 1. The highest BCUT2D eigenvalue weighted by Crippen LogP contribution is 2.45. The van der Waals surface area contributed by atoms with Gasteiger partial charge in [-0.2, -0.15) is 18.2 Å². The van der Waals surface area contributed by atoms with Crippen molar-refractivity contribution in [3.05, 3.63) is 72.0 Å². The average molecular weight is 554 g/mol. The van der Waals surface area contributed by atoms with E-state index in [-0.39, 0.29) is 12.7 Å². The molecule has 5 rings (SSSR count). The topological polar surface area (TPSA) is 82.5 Å². The van der Waals surface area contributed by atoms with Crippen LogP contribution in [-0.4, -0.2) is 51.3 Å². The Bertz CT molecular complexity index is 1420. The fraction of sp³-hybridized carbons (Fsp3) is 0.379. The minimum absolute atomic E-state index is 0.116. The van der Waals surface area contributed by atoms with E-state index in [9.17, 15) is 13.2 Å². The minimum Gasteiger partial charge on any atom is -0.483 e. The van der Waals surface area contributed by atoms with Crippen molar-refractivity contribution in [2.24, 2.45) is 0 Å².